The molecule has 0 aliphatic rings. The maximum Gasteiger partial charge on any atom is 0.343 e. The maximum atomic E-state index is 12.5. The fraction of sp³-hybridized carbons (Fsp3) is 0.235. The SMILES string of the molecule is CC(C)N(C)S(=O)(=O)c1cccc(C(=O)Oc2ccccc2)c1. The van der Waals surface area contributed by atoms with Crippen molar-refractivity contribution in [1.29, 1.82) is 0 Å². The lowest BCUT2D eigenvalue weighted by molar-refractivity contribution is 0.0734. The predicted molar refractivity (Wildman–Crippen MR) is 87.9 cm³/mol. The molecule has 0 aliphatic heterocycles. The Kier molecular flexibility index (Phi) is 5.18. The van der Waals surface area contributed by atoms with Gasteiger partial charge >= 0.3 is 5.97 Å². The van der Waals surface area contributed by atoms with E-state index in [1.165, 1.54) is 35.6 Å². The third kappa shape index (κ3) is 3.97. The molecule has 2 aromatic rings. The van der Waals surface area contributed by atoms with Gasteiger partial charge in [0.1, 0.15) is 5.75 Å². The number of benzene rings is 2. The first-order valence-electron chi connectivity index (χ1n) is 7.17. The minimum absolute atomic E-state index is 0.0659. The van der Waals surface area contributed by atoms with Gasteiger partial charge in [-0.15, -0.1) is 0 Å². The van der Waals surface area contributed by atoms with E-state index >= 15 is 0 Å². The zero-order chi connectivity index (χ0) is 17.0. The monoisotopic (exact) mass is 333 g/mol. The standard InChI is InChI=1S/C17H19NO4S/c1-13(2)18(3)23(20,21)16-11-7-8-14(12-16)17(19)22-15-9-5-4-6-10-15/h4-13H,1-3H3. The highest BCUT2D eigenvalue weighted by Gasteiger charge is 2.24. The Morgan fingerprint density at radius 2 is 1.70 bits per heavy atom. The maximum absolute atomic E-state index is 12.5. The first-order valence-corrected chi connectivity index (χ1v) is 8.61. The molecule has 0 saturated carbocycles. The first-order chi connectivity index (χ1) is 10.8. The number of carbonyl (C=O) groups excluding carboxylic acids is 1. The van der Waals surface area contributed by atoms with Crippen LogP contribution in [0.4, 0.5) is 0 Å². The molecule has 2 rings (SSSR count). The normalized spacial score (nSPS) is 11.7. The number of esters is 1. The number of nitrogens with zero attached hydrogens (tertiary/aromatic N) is 1. The Morgan fingerprint density at radius 1 is 1.04 bits per heavy atom. The fourth-order valence-corrected chi connectivity index (χ4v) is 3.30. The summed E-state index contributed by atoms with van der Waals surface area (Å²) in [7, 11) is -2.13. The van der Waals surface area contributed by atoms with Crippen LogP contribution in [0.3, 0.4) is 0 Å². The van der Waals surface area contributed by atoms with Crippen LogP contribution in [0.1, 0.15) is 24.2 Å². The molecule has 0 aromatic heterocycles. The lowest BCUT2D eigenvalue weighted by Crippen LogP contribution is -2.33. The van der Waals surface area contributed by atoms with E-state index in [4.69, 9.17) is 4.74 Å². The van der Waals surface area contributed by atoms with Crippen molar-refractivity contribution in [3.8, 4) is 5.75 Å². The van der Waals surface area contributed by atoms with Crippen molar-refractivity contribution >= 4 is 16.0 Å². The number of carbonyl (C=O) groups is 1. The molecule has 0 radical (unpaired) electrons. The molecule has 122 valence electrons. The van der Waals surface area contributed by atoms with Gasteiger partial charge in [0, 0.05) is 13.1 Å². The number of para-hydroxylation sites is 1. The van der Waals surface area contributed by atoms with Crippen LogP contribution in [0.25, 0.3) is 0 Å². The van der Waals surface area contributed by atoms with Crippen LogP contribution >= 0.6 is 0 Å². The van der Waals surface area contributed by atoms with Crippen molar-refractivity contribution in [1.82, 2.24) is 4.31 Å². The molecule has 0 saturated heterocycles. The average molecular weight is 333 g/mol. The van der Waals surface area contributed by atoms with Gasteiger partial charge < -0.3 is 4.74 Å². The van der Waals surface area contributed by atoms with Crippen LogP contribution in [0, 0.1) is 0 Å². The van der Waals surface area contributed by atoms with Crippen molar-refractivity contribution in [2.75, 3.05) is 7.05 Å². The largest absolute Gasteiger partial charge is 0.423 e. The summed E-state index contributed by atoms with van der Waals surface area (Å²) in [5, 5.41) is 0. The summed E-state index contributed by atoms with van der Waals surface area (Å²) in [4.78, 5) is 12.2. The van der Waals surface area contributed by atoms with Crippen LogP contribution in [0.5, 0.6) is 5.75 Å². The van der Waals surface area contributed by atoms with Gasteiger partial charge in [0.2, 0.25) is 10.0 Å². The predicted octanol–water partition coefficient (Wildman–Crippen LogP) is 2.93. The zero-order valence-corrected chi connectivity index (χ0v) is 14.1. The quantitative estimate of drug-likeness (QED) is 0.623. The first kappa shape index (κ1) is 17.2. The Bertz CT molecular complexity index is 785. The minimum atomic E-state index is -3.64. The van der Waals surface area contributed by atoms with E-state index in [1.807, 2.05) is 6.07 Å². The van der Waals surface area contributed by atoms with Crippen molar-refractivity contribution in [3.63, 3.8) is 0 Å². The second kappa shape index (κ2) is 6.93. The van der Waals surface area contributed by atoms with Crippen molar-refractivity contribution < 1.29 is 17.9 Å². The highest BCUT2D eigenvalue weighted by atomic mass is 32.2. The lowest BCUT2D eigenvalue weighted by Gasteiger charge is -2.21. The summed E-state index contributed by atoms with van der Waals surface area (Å²) in [6.45, 7) is 3.57. The van der Waals surface area contributed by atoms with E-state index < -0.39 is 16.0 Å². The molecule has 0 heterocycles. The average Bonchev–Trinajstić information content (AvgIpc) is 2.55. The van der Waals surface area contributed by atoms with E-state index in [0.29, 0.717) is 5.75 Å². The highest BCUT2D eigenvalue weighted by Crippen LogP contribution is 2.19. The summed E-state index contributed by atoms with van der Waals surface area (Å²) < 4.78 is 31.4. The Morgan fingerprint density at radius 3 is 2.30 bits per heavy atom. The summed E-state index contributed by atoms with van der Waals surface area (Å²) in [6, 6.07) is 14.3. The molecular formula is C17H19NO4S. The third-order valence-corrected chi connectivity index (χ3v) is 5.46. The molecule has 5 nitrogen and oxygen atoms in total. The van der Waals surface area contributed by atoms with Crippen molar-refractivity contribution in [3.05, 3.63) is 60.2 Å². The summed E-state index contributed by atoms with van der Waals surface area (Å²) in [5.41, 5.74) is 0.187. The molecule has 0 N–H and O–H groups in total. The number of hydrogen-bond donors (Lipinski definition) is 0. The van der Waals surface area contributed by atoms with Crippen molar-refractivity contribution in [2.45, 2.75) is 24.8 Å². The number of sulfonamides is 1. The molecule has 0 aliphatic carbocycles. The van der Waals surface area contributed by atoms with Crippen LogP contribution in [-0.4, -0.2) is 31.8 Å². The molecule has 2 aromatic carbocycles. The van der Waals surface area contributed by atoms with Crippen LogP contribution in [-0.2, 0) is 10.0 Å². The molecule has 0 spiro atoms. The summed E-state index contributed by atoms with van der Waals surface area (Å²) in [5.74, 6) is -0.189. The van der Waals surface area contributed by atoms with Crippen molar-refractivity contribution in [2.24, 2.45) is 0 Å². The van der Waals surface area contributed by atoms with Gasteiger partial charge in [0.05, 0.1) is 10.5 Å². The smallest absolute Gasteiger partial charge is 0.343 e. The Balaban J connectivity index is 2.28. The zero-order valence-electron chi connectivity index (χ0n) is 13.3. The van der Waals surface area contributed by atoms with Gasteiger partial charge in [0.25, 0.3) is 0 Å². The molecule has 0 amide bonds. The van der Waals surface area contributed by atoms with Gasteiger partial charge in [-0.25, -0.2) is 13.2 Å². The van der Waals surface area contributed by atoms with Gasteiger partial charge in [-0.2, -0.15) is 4.31 Å². The molecule has 6 heteroatoms. The summed E-state index contributed by atoms with van der Waals surface area (Å²) >= 11 is 0. The van der Waals surface area contributed by atoms with E-state index in [2.05, 4.69) is 0 Å². The van der Waals surface area contributed by atoms with Crippen LogP contribution in [0.2, 0.25) is 0 Å². The van der Waals surface area contributed by atoms with Gasteiger partial charge in [-0.05, 0) is 44.2 Å². The van der Waals surface area contributed by atoms with E-state index in [9.17, 15) is 13.2 Å². The summed E-state index contributed by atoms with van der Waals surface area (Å²) in [6.07, 6.45) is 0. The molecule has 0 fully saturated rings. The molecule has 23 heavy (non-hydrogen) atoms. The minimum Gasteiger partial charge on any atom is -0.423 e. The Hall–Kier alpha value is -2.18. The van der Waals surface area contributed by atoms with Gasteiger partial charge in [-0.1, -0.05) is 24.3 Å². The molecular weight excluding hydrogens is 314 g/mol. The lowest BCUT2D eigenvalue weighted by atomic mass is 10.2. The van der Waals surface area contributed by atoms with Crippen LogP contribution in [0.15, 0.2) is 59.5 Å². The number of ether oxygens (including phenoxy) is 1. The fourth-order valence-electron chi connectivity index (χ4n) is 1.88. The van der Waals surface area contributed by atoms with E-state index in [-0.39, 0.29) is 16.5 Å². The van der Waals surface area contributed by atoms with E-state index in [1.54, 1.807) is 38.1 Å². The second-order valence-electron chi connectivity index (χ2n) is 5.35. The van der Waals surface area contributed by atoms with Gasteiger partial charge in [0.15, 0.2) is 0 Å². The second-order valence-corrected chi connectivity index (χ2v) is 7.34. The molecule has 0 atom stereocenters. The molecule has 0 unspecified atom stereocenters. The number of hydrogen-bond acceptors (Lipinski definition) is 4. The highest BCUT2D eigenvalue weighted by molar-refractivity contribution is 7.89. The molecule has 0 bridgehead atoms. The third-order valence-electron chi connectivity index (χ3n) is 3.43. The number of rotatable bonds is 5. The topological polar surface area (TPSA) is 63.7 Å². The van der Waals surface area contributed by atoms with E-state index in [0.717, 1.165) is 0 Å². The van der Waals surface area contributed by atoms with Crippen LogP contribution < -0.4 is 4.74 Å². The van der Waals surface area contributed by atoms with Gasteiger partial charge in [-0.3, -0.25) is 0 Å². The Labute approximate surface area is 136 Å².